The lowest BCUT2D eigenvalue weighted by molar-refractivity contribution is 0.208. The number of benzene rings is 1. The zero-order valence-electron chi connectivity index (χ0n) is 17.8. The molecule has 168 valence electrons. The Morgan fingerprint density at radius 3 is 2.59 bits per heavy atom. The molecular formula is C21H24ClFN8O. The van der Waals surface area contributed by atoms with Crippen molar-refractivity contribution in [1.82, 2.24) is 30.2 Å². The Bertz CT molecular complexity index is 1120. The Labute approximate surface area is 189 Å². The molecule has 11 heteroatoms. The highest BCUT2D eigenvalue weighted by molar-refractivity contribution is 6.31. The van der Waals surface area contributed by atoms with Crippen molar-refractivity contribution in [3.63, 3.8) is 0 Å². The fourth-order valence-corrected chi connectivity index (χ4v) is 3.77. The minimum absolute atomic E-state index is 0.0164. The summed E-state index contributed by atoms with van der Waals surface area (Å²) in [6, 6.07) is 4.65. The average Bonchev–Trinajstić information content (AvgIpc) is 2.78. The van der Waals surface area contributed by atoms with E-state index in [2.05, 4.69) is 35.9 Å². The fraction of sp³-hybridized carbons (Fsp3) is 0.381. The van der Waals surface area contributed by atoms with Crippen LogP contribution >= 0.6 is 11.6 Å². The van der Waals surface area contributed by atoms with Gasteiger partial charge in [-0.1, -0.05) is 11.6 Å². The van der Waals surface area contributed by atoms with Crippen LogP contribution in [0.25, 0.3) is 11.0 Å². The van der Waals surface area contributed by atoms with Crippen molar-refractivity contribution in [2.75, 3.05) is 24.7 Å². The minimum Gasteiger partial charge on any atom is -0.351 e. The third-order valence-corrected chi connectivity index (χ3v) is 5.64. The highest BCUT2D eigenvalue weighted by Crippen LogP contribution is 2.26. The second-order valence-corrected chi connectivity index (χ2v) is 8.35. The molecule has 4 rings (SSSR count). The normalized spacial score (nSPS) is 18.2. The average molecular weight is 459 g/mol. The maximum atomic E-state index is 13.5. The molecule has 2 amide bonds. The number of hydrogen-bond acceptors (Lipinski definition) is 7. The molecule has 0 aliphatic heterocycles. The number of hydrogen-bond donors (Lipinski definition) is 3. The van der Waals surface area contributed by atoms with Crippen molar-refractivity contribution in [2.45, 2.75) is 37.8 Å². The van der Waals surface area contributed by atoms with Gasteiger partial charge in [0.2, 0.25) is 5.95 Å². The van der Waals surface area contributed by atoms with Gasteiger partial charge in [-0.2, -0.15) is 0 Å². The summed E-state index contributed by atoms with van der Waals surface area (Å²) in [6.45, 7) is 0. The summed E-state index contributed by atoms with van der Waals surface area (Å²) in [4.78, 5) is 30.9. The second-order valence-electron chi connectivity index (χ2n) is 7.94. The SMILES string of the molecule is CN(C)C(=O)NC1CCC(Nc2ncc3ncnc(Nc4ccc(F)c(Cl)c4)c3n2)CC1. The lowest BCUT2D eigenvalue weighted by atomic mass is 9.91. The molecule has 0 bridgehead atoms. The van der Waals surface area contributed by atoms with E-state index in [0.29, 0.717) is 28.5 Å². The van der Waals surface area contributed by atoms with Gasteiger partial charge in [0.05, 0.1) is 11.2 Å². The monoisotopic (exact) mass is 458 g/mol. The smallest absolute Gasteiger partial charge is 0.317 e. The second kappa shape index (κ2) is 9.47. The number of halogens is 2. The first-order chi connectivity index (χ1) is 15.4. The molecule has 2 aromatic heterocycles. The molecule has 1 saturated carbocycles. The number of rotatable bonds is 5. The summed E-state index contributed by atoms with van der Waals surface area (Å²) in [5.74, 6) is 0.459. The van der Waals surface area contributed by atoms with Crippen LogP contribution in [-0.4, -0.2) is 57.0 Å². The number of nitrogens with one attached hydrogen (secondary N) is 3. The van der Waals surface area contributed by atoms with Gasteiger partial charge >= 0.3 is 6.03 Å². The molecule has 1 aliphatic carbocycles. The van der Waals surface area contributed by atoms with Crippen molar-refractivity contribution < 1.29 is 9.18 Å². The standard InChI is InChI=1S/C21H24ClFN8O/c1-31(2)21(32)29-13-5-3-12(4-6-13)28-20-24-10-17-18(30-20)19(26-11-25-17)27-14-7-8-16(23)15(22)9-14/h7-13H,3-6H2,1-2H3,(H,29,32)(H,24,28,30)(H,25,26,27). The van der Waals surface area contributed by atoms with Crippen LogP contribution in [0, 0.1) is 5.82 Å². The molecule has 0 radical (unpaired) electrons. The summed E-state index contributed by atoms with van der Waals surface area (Å²) in [7, 11) is 3.47. The van der Waals surface area contributed by atoms with Gasteiger partial charge in [-0.25, -0.2) is 29.1 Å². The van der Waals surface area contributed by atoms with E-state index < -0.39 is 5.82 Å². The number of amides is 2. The van der Waals surface area contributed by atoms with E-state index >= 15 is 0 Å². The molecule has 0 saturated heterocycles. The first-order valence-corrected chi connectivity index (χ1v) is 10.7. The predicted octanol–water partition coefficient (Wildman–Crippen LogP) is 3.95. The minimum atomic E-state index is -0.491. The summed E-state index contributed by atoms with van der Waals surface area (Å²) in [5.41, 5.74) is 1.70. The molecule has 1 fully saturated rings. The van der Waals surface area contributed by atoms with Gasteiger partial charge < -0.3 is 20.9 Å². The molecular weight excluding hydrogens is 435 g/mol. The highest BCUT2D eigenvalue weighted by Gasteiger charge is 2.23. The molecule has 9 nitrogen and oxygen atoms in total. The zero-order chi connectivity index (χ0) is 22.7. The van der Waals surface area contributed by atoms with Gasteiger partial charge in [0, 0.05) is 31.9 Å². The molecule has 3 N–H and O–H groups in total. The fourth-order valence-electron chi connectivity index (χ4n) is 3.59. The van der Waals surface area contributed by atoms with E-state index in [0.717, 1.165) is 25.7 Å². The molecule has 3 aromatic rings. The van der Waals surface area contributed by atoms with E-state index in [1.54, 1.807) is 31.3 Å². The van der Waals surface area contributed by atoms with Crippen LogP contribution in [0.5, 0.6) is 0 Å². The molecule has 1 aromatic carbocycles. The molecule has 0 atom stereocenters. The molecule has 1 aliphatic rings. The summed E-state index contributed by atoms with van der Waals surface area (Å²) >= 11 is 5.88. The first kappa shape index (κ1) is 21.9. The number of nitrogens with zero attached hydrogens (tertiary/aromatic N) is 5. The van der Waals surface area contributed by atoms with Crippen LogP contribution < -0.4 is 16.0 Å². The Morgan fingerprint density at radius 1 is 1.12 bits per heavy atom. The van der Waals surface area contributed by atoms with Crippen LogP contribution in [0.1, 0.15) is 25.7 Å². The molecule has 32 heavy (non-hydrogen) atoms. The van der Waals surface area contributed by atoms with E-state index in [-0.39, 0.29) is 23.1 Å². The number of aromatic nitrogens is 4. The summed E-state index contributed by atoms with van der Waals surface area (Å²) in [5, 5.41) is 9.54. The van der Waals surface area contributed by atoms with Crippen molar-refractivity contribution in [2.24, 2.45) is 0 Å². The van der Waals surface area contributed by atoms with Crippen LogP contribution in [0.3, 0.4) is 0 Å². The Kier molecular flexibility index (Phi) is 6.50. The third kappa shape index (κ3) is 5.13. The maximum absolute atomic E-state index is 13.5. The van der Waals surface area contributed by atoms with Gasteiger partial charge in [0.1, 0.15) is 23.2 Å². The van der Waals surface area contributed by atoms with Crippen LogP contribution in [0.2, 0.25) is 5.02 Å². The maximum Gasteiger partial charge on any atom is 0.317 e. The summed E-state index contributed by atoms with van der Waals surface area (Å²) < 4.78 is 13.5. The number of carbonyl (C=O) groups excluding carboxylic acids is 1. The van der Waals surface area contributed by atoms with Gasteiger partial charge in [-0.3, -0.25) is 0 Å². The van der Waals surface area contributed by atoms with E-state index in [9.17, 15) is 9.18 Å². The Hall–Kier alpha value is -3.27. The lowest BCUT2D eigenvalue weighted by Gasteiger charge is -2.30. The highest BCUT2D eigenvalue weighted by atomic mass is 35.5. The Balaban J connectivity index is 1.45. The van der Waals surface area contributed by atoms with Crippen molar-refractivity contribution >= 4 is 46.1 Å². The van der Waals surface area contributed by atoms with Gasteiger partial charge in [-0.05, 0) is 43.9 Å². The number of anilines is 3. The quantitative estimate of drug-likeness (QED) is 0.531. The number of fused-ring (bicyclic) bond motifs is 1. The molecule has 2 heterocycles. The Morgan fingerprint density at radius 2 is 1.88 bits per heavy atom. The lowest BCUT2D eigenvalue weighted by Crippen LogP contribution is -2.44. The number of carbonyl (C=O) groups is 1. The summed E-state index contributed by atoms with van der Waals surface area (Å²) in [6.07, 6.45) is 6.60. The zero-order valence-corrected chi connectivity index (χ0v) is 18.5. The number of urea groups is 1. The van der Waals surface area contributed by atoms with Crippen LogP contribution in [0.4, 0.5) is 26.6 Å². The predicted molar refractivity (Wildman–Crippen MR) is 122 cm³/mol. The van der Waals surface area contributed by atoms with Crippen LogP contribution in [0.15, 0.2) is 30.7 Å². The van der Waals surface area contributed by atoms with E-state index in [1.165, 1.54) is 18.5 Å². The van der Waals surface area contributed by atoms with E-state index in [4.69, 9.17) is 11.6 Å². The van der Waals surface area contributed by atoms with Gasteiger partial charge in [0.15, 0.2) is 5.82 Å². The van der Waals surface area contributed by atoms with Crippen molar-refractivity contribution in [3.8, 4) is 0 Å². The van der Waals surface area contributed by atoms with Crippen molar-refractivity contribution in [1.29, 1.82) is 0 Å². The van der Waals surface area contributed by atoms with Crippen molar-refractivity contribution in [3.05, 3.63) is 41.6 Å². The largest absolute Gasteiger partial charge is 0.351 e. The molecule has 0 unspecified atom stereocenters. The van der Waals surface area contributed by atoms with Gasteiger partial charge in [0.25, 0.3) is 0 Å². The van der Waals surface area contributed by atoms with Gasteiger partial charge in [-0.15, -0.1) is 0 Å². The van der Waals surface area contributed by atoms with E-state index in [1.807, 2.05) is 0 Å². The first-order valence-electron chi connectivity index (χ1n) is 10.3. The third-order valence-electron chi connectivity index (χ3n) is 5.35. The topological polar surface area (TPSA) is 108 Å². The molecule has 0 spiro atoms. The van der Waals surface area contributed by atoms with Crippen LogP contribution in [-0.2, 0) is 0 Å².